The average molecular weight is 445 g/mol. The normalized spacial score (nSPS) is 13.8. The summed E-state index contributed by atoms with van der Waals surface area (Å²) in [6.45, 7) is 0.152. The smallest absolute Gasteiger partial charge is 0.322 e. The standard InChI is InChI=1S/C22H21ClN2O6/c23-17-4-2-1-3-15(17)13-31-16-7-5-14(6-8-16)12-25-10-9-18(26)20(22(25)30)21(29)24-11-19(27)28/h1-8,26H,9-13H2,(H,24,29)(H,27,28). The first kappa shape index (κ1) is 22.2. The summed E-state index contributed by atoms with van der Waals surface area (Å²) in [5, 5.41) is 21.4. The Morgan fingerprint density at radius 1 is 1.13 bits per heavy atom. The van der Waals surface area contributed by atoms with Crippen LogP contribution in [0.15, 0.2) is 59.9 Å². The van der Waals surface area contributed by atoms with E-state index in [-0.39, 0.29) is 25.3 Å². The molecule has 162 valence electrons. The molecule has 9 heteroatoms. The predicted octanol–water partition coefficient (Wildman–Crippen LogP) is 2.66. The van der Waals surface area contributed by atoms with Crippen molar-refractivity contribution in [2.24, 2.45) is 0 Å². The fourth-order valence-corrected chi connectivity index (χ4v) is 3.25. The van der Waals surface area contributed by atoms with Gasteiger partial charge in [0.1, 0.15) is 30.2 Å². The summed E-state index contributed by atoms with van der Waals surface area (Å²) in [5.74, 6) is -2.50. The quantitative estimate of drug-likeness (QED) is 0.539. The van der Waals surface area contributed by atoms with Crippen LogP contribution >= 0.6 is 11.6 Å². The molecule has 0 aliphatic carbocycles. The highest BCUT2D eigenvalue weighted by atomic mass is 35.5. The maximum atomic E-state index is 12.6. The number of halogens is 1. The molecular weight excluding hydrogens is 424 g/mol. The van der Waals surface area contributed by atoms with Crippen molar-refractivity contribution in [2.75, 3.05) is 13.1 Å². The van der Waals surface area contributed by atoms with E-state index in [1.165, 1.54) is 4.90 Å². The molecule has 8 nitrogen and oxygen atoms in total. The highest BCUT2D eigenvalue weighted by Gasteiger charge is 2.32. The van der Waals surface area contributed by atoms with Gasteiger partial charge in [0, 0.05) is 30.1 Å². The predicted molar refractivity (Wildman–Crippen MR) is 113 cm³/mol. The van der Waals surface area contributed by atoms with Crippen LogP contribution < -0.4 is 10.1 Å². The lowest BCUT2D eigenvalue weighted by Crippen LogP contribution is -2.43. The van der Waals surface area contributed by atoms with Gasteiger partial charge in [0.05, 0.1) is 0 Å². The maximum absolute atomic E-state index is 12.6. The number of rotatable bonds is 8. The van der Waals surface area contributed by atoms with Gasteiger partial charge in [-0.1, -0.05) is 41.9 Å². The second-order valence-electron chi connectivity index (χ2n) is 6.90. The zero-order valence-electron chi connectivity index (χ0n) is 16.5. The number of hydrogen-bond acceptors (Lipinski definition) is 5. The van der Waals surface area contributed by atoms with Crippen molar-refractivity contribution in [3.63, 3.8) is 0 Å². The first-order valence-corrected chi connectivity index (χ1v) is 9.89. The summed E-state index contributed by atoms with van der Waals surface area (Å²) in [6.07, 6.45) is 0.112. The van der Waals surface area contributed by atoms with Crippen molar-refractivity contribution in [2.45, 2.75) is 19.6 Å². The summed E-state index contributed by atoms with van der Waals surface area (Å²) in [6, 6.07) is 14.6. The van der Waals surface area contributed by atoms with E-state index in [1.807, 2.05) is 18.2 Å². The Bertz CT molecular complexity index is 1020. The van der Waals surface area contributed by atoms with Crippen LogP contribution in [0.5, 0.6) is 5.75 Å². The van der Waals surface area contributed by atoms with Crippen molar-refractivity contribution >= 4 is 29.4 Å². The zero-order valence-corrected chi connectivity index (χ0v) is 17.3. The molecule has 0 unspecified atom stereocenters. The third-order valence-electron chi connectivity index (χ3n) is 4.68. The molecule has 2 aromatic carbocycles. The van der Waals surface area contributed by atoms with E-state index < -0.39 is 29.9 Å². The topological polar surface area (TPSA) is 116 Å². The number of aliphatic carboxylic acids is 1. The second kappa shape index (κ2) is 9.99. The molecule has 0 radical (unpaired) electrons. The molecule has 0 bridgehead atoms. The Balaban J connectivity index is 1.60. The number of nitrogens with one attached hydrogen (secondary N) is 1. The maximum Gasteiger partial charge on any atom is 0.322 e. The summed E-state index contributed by atoms with van der Waals surface area (Å²) in [4.78, 5) is 36.8. The minimum atomic E-state index is -1.25. The third-order valence-corrected chi connectivity index (χ3v) is 5.05. The number of ether oxygens (including phenoxy) is 1. The molecule has 1 aliphatic heterocycles. The molecule has 2 amide bonds. The molecule has 0 aromatic heterocycles. The van der Waals surface area contributed by atoms with Crippen molar-refractivity contribution in [1.29, 1.82) is 0 Å². The summed E-state index contributed by atoms with van der Waals surface area (Å²) < 4.78 is 5.74. The number of nitrogens with zero attached hydrogens (tertiary/aromatic N) is 1. The number of aliphatic hydroxyl groups is 1. The van der Waals surface area contributed by atoms with Crippen molar-refractivity contribution in [3.8, 4) is 5.75 Å². The minimum absolute atomic E-state index is 0.112. The van der Waals surface area contributed by atoms with Gasteiger partial charge < -0.3 is 25.2 Å². The van der Waals surface area contributed by atoms with Crippen molar-refractivity contribution < 1.29 is 29.3 Å². The number of carboxylic acid groups (broad SMARTS) is 1. The SMILES string of the molecule is O=C(O)CNC(=O)C1=C(O)CCN(Cc2ccc(OCc3ccccc3Cl)cc2)C1=O. The van der Waals surface area contributed by atoms with Crippen LogP contribution in [0.4, 0.5) is 0 Å². The van der Waals surface area contributed by atoms with Crippen molar-refractivity contribution in [3.05, 3.63) is 76.0 Å². The molecule has 1 aliphatic rings. The molecule has 0 saturated heterocycles. The first-order valence-electron chi connectivity index (χ1n) is 9.51. The highest BCUT2D eigenvalue weighted by molar-refractivity contribution is 6.31. The monoisotopic (exact) mass is 444 g/mol. The van der Waals surface area contributed by atoms with Crippen LogP contribution in [-0.2, 0) is 27.5 Å². The number of carbonyl (C=O) groups excluding carboxylic acids is 2. The van der Waals surface area contributed by atoms with Crippen LogP contribution in [0, 0.1) is 0 Å². The Kier molecular flexibility index (Phi) is 7.15. The van der Waals surface area contributed by atoms with Crippen LogP contribution in [0.3, 0.4) is 0 Å². The van der Waals surface area contributed by atoms with Gasteiger partial charge in [0.15, 0.2) is 0 Å². The van der Waals surface area contributed by atoms with E-state index in [0.717, 1.165) is 11.1 Å². The Labute approximate surface area is 183 Å². The van der Waals surface area contributed by atoms with E-state index in [4.69, 9.17) is 21.4 Å². The molecule has 31 heavy (non-hydrogen) atoms. The number of aliphatic hydroxyl groups excluding tert-OH is 1. The lowest BCUT2D eigenvalue weighted by Gasteiger charge is -2.28. The first-order chi connectivity index (χ1) is 14.8. The van der Waals surface area contributed by atoms with Gasteiger partial charge in [-0.2, -0.15) is 0 Å². The second-order valence-corrected chi connectivity index (χ2v) is 7.31. The van der Waals surface area contributed by atoms with E-state index in [9.17, 15) is 19.5 Å². The summed E-state index contributed by atoms with van der Waals surface area (Å²) >= 11 is 6.12. The molecule has 0 fully saturated rings. The number of carboxylic acids is 1. The molecule has 3 rings (SSSR count). The van der Waals surface area contributed by atoms with Gasteiger partial charge in [-0.15, -0.1) is 0 Å². The fourth-order valence-electron chi connectivity index (χ4n) is 3.06. The lowest BCUT2D eigenvalue weighted by molar-refractivity contribution is -0.138. The van der Waals surface area contributed by atoms with Gasteiger partial charge in [-0.05, 0) is 23.8 Å². The number of hydrogen-bond donors (Lipinski definition) is 3. The third kappa shape index (κ3) is 5.76. The fraction of sp³-hybridized carbons (Fsp3) is 0.227. The van der Waals surface area contributed by atoms with Crippen LogP contribution in [0.1, 0.15) is 17.5 Å². The summed E-state index contributed by atoms with van der Waals surface area (Å²) in [7, 11) is 0. The van der Waals surface area contributed by atoms with Crippen molar-refractivity contribution in [1.82, 2.24) is 10.2 Å². The van der Waals surface area contributed by atoms with Crippen LogP contribution in [0.2, 0.25) is 5.02 Å². The Morgan fingerprint density at radius 2 is 1.84 bits per heavy atom. The van der Waals surface area contributed by atoms with E-state index in [2.05, 4.69) is 5.32 Å². The van der Waals surface area contributed by atoms with E-state index in [0.29, 0.717) is 17.4 Å². The Morgan fingerprint density at radius 3 is 2.52 bits per heavy atom. The minimum Gasteiger partial charge on any atom is -0.511 e. The number of benzene rings is 2. The van der Waals surface area contributed by atoms with Gasteiger partial charge in [-0.25, -0.2) is 0 Å². The zero-order chi connectivity index (χ0) is 22.4. The van der Waals surface area contributed by atoms with Crippen LogP contribution in [0.25, 0.3) is 0 Å². The number of carbonyl (C=O) groups is 3. The summed E-state index contributed by atoms with van der Waals surface area (Å²) in [5.41, 5.74) is 1.25. The molecule has 0 atom stereocenters. The van der Waals surface area contributed by atoms with Gasteiger partial charge in [0.2, 0.25) is 0 Å². The van der Waals surface area contributed by atoms with Gasteiger partial charge in [0.25, 0.3) is 11.8 Å². The molecule has 0 spiro atoms. The molecular formula is C22H21ClN2O6. The Hall–Kier alpha value is -3.52. The largest absolute Gasteiger partial charge is 0.511 e. The van der Waals surface area contributed by atoms with Gasteiger partial charge in [-0.3, -0.25) is 14.4 Å². The highest BCUT2D eigenvalue weighted by Crippen LogP contribution is 2.22. The van der Waals surface area contributed by atoms with Crippen LogP contribution in [-0.4, -0.2) is 46.0 Å². The molecule has 0 saturated carbocycles. The van der Waals surface area contributed by atoms with Gasteiger partial charge >= 0.3 is 5.97 Å². The average Bonchev–Trinajstić information content (AvgIpc) is 2.75. The molecule has 2 aromatic rings. The number of amides is 2. The lowest BCUT2D eigenvalue weighted by atomic mass is 10.0. The van der Waals surface area contributed by atoms with E-state index >= 15 is 0 Å². The molecule has 1 heterocycles. The van der Waals surface area contributed by atoms with E-state index in [1.54, 1.807) is 30.3 Å². The molecule has 3 N–H and O–H groups in total.